The summed E-state index contributed by atoms with van der Waals surface area (Å²) >= 11 is 3.91. The molecule has 130 valence electrons. The van der Waals surface area contributed by atoms with E-state index < -0.39 is 0 Å². The van der Waals surface area contributed by atoms with Crippen LogP contribution in [-0.4, -0.2) is 22.9 Å². The third-order valence-corrected chi connectivity index (χ3v) is 6.89. The van der Waals surface area contributed by atoms with Gasteiger partial charge in [-0.1, -0.05) is 30.3 Å². The normalized spacial score (nSPS) is 17.8. The van der Waals surface area contributed by atoms with E-state index in [1.807, 2.05) is 11.3 Å². The smallest absolute Gasteiger partial charge is 0.0480 e. The number of aryl methyl sites for hydroxylation is 1. The predicted molar refractivity (Wildman–Crippen MR) is 112 cm³/mol. The Morgan fingerprint density at radius 3 is 3.04 bits per heavy atom. The van der Waals surface area contributed by atoms with Crippen LogP contribution >= 0.6 is 23.1 Å². The molecule has 1 aliphatic rings. The van der Waals surface area contributed by atoms with Gasteiger partial charge in [0.05, 0.1) is 0 Å². The third-order valence-electron chi connectivity index (χ3n) is 4.91. The average molecular weight is 369 g/mol. The number of hydrogen-bond acceptors (Lipinski definition) is 3. The maximum absolute atomic E-state index is 3.65. The number of thioether (sulfide) groups is 1. The summed E-state index contributed by atoms with van der Waals surface area (Å²) in [5.74, 6) is 2.31. The monoisotopic (exact) mass is 368 g/mol. The van der Waals surface area contributed by atoms with Gasteiger partial charge in [-0.3, -0.25) is 0 Å². The Labute approximate surface area is 157 Å². The molecule has 4 rings (SSSR count). The highest BCUT2D eigenvalue weighted by Gasteiger charge is 2.16. The van der Waals surface area contributed by atoms with Gasteiger partial charge in [-0.15, -0.1) is 11.3 Å². The molecule has 0 aliphatic carbocycles. The fraction of sp³-hybridized carbons (Fsp3) is 0.333. The summed E-state index contributed by atoms with van der Waals surface area (Å²) in [6, 6.07) is 13.7. The summed E-state index contributed by atoms with van der Waals surface area (Å²) in [6.45, 7) is 1.01. The summed E-state index contributed by atoms with van der Waals surface area (Å²) in [4.78, 5) is 1.44. The van der Waals surface area contributed by atoms with E-state index in [-0.39, 0.29) is 0 Å². The Hall–Kier alpha value is -1.49. The minimum absolute atomic E-state index is 0.613. The molecule has 0 radical (unpaired) electrons. The van der Waals surface area contributed by atoms with E-state index in [0.29, 0.717) is 6.04 Å². The first-order valence-corrected chi connectivity index (χ1v) is 10.9. The molecule has 0 spiro atoms. The van der Waals surface area contributed by atoms with Crippen LogP contribution in [0.1, 0.15) is 23.3 Å². The zero-order chi connectivity index (χ0) is 17.1. The number of fused-ring (bicyclic) bond motifs is 1. The minimum atomic E-state index is 0.613. The first-order chi connectivity index (χ1) is 12.3. The average Bonchev–Trinajstić information content (AvgIpc) is 3.28. The van der Waals surface area contributed by atoms with Gasteiger partial charge in [-0.25, -0.2) is 0 Å². The Morgan fingerprint density at radius 2 is 2.16 bits per heavy atom. The summed E-state index contributed by atoms with van der Waals surface area (Å²) in [5.41, 5.74) is 4.31. The SMILES string of the molecule is Cn1cc(CSCCC2CC(c3cccs3)=CCN2)c2ccccc21. The summed E-state index contributed by atoms with van der Waals surface area (Å²) in [5, 5.41) is 7.23. The molecule has 4 heteroatoms. The molecular formula is C21H24N2S2. The number of nitrogens with one attached hydrogen (secondary N) is 1. The summed E-state index contributed by atoms with van der Waals surface area (Å²) in [7, 11) is 2.14. The Balaban J connectivity index is 1.29. The van der Waals surface area contributed by atoms with Gasteiger partial charge >= 0.3 is 0 Å². The van der Waals surface area contributed by atoms with Gasteiger partial charge in [0.2, 0.25) is 0 Å². The van der Waals surface area contributed by atoms with Crippen molar-refractivity contribution in [3.63, 3.8) is 0 Å². The van der Waals surface area contributed by atoms with E-state index in [1.165, 1.54) is 39.1 Å². The van der Waals surface area contributed by atoms with Gasteiger partial charge in [0.25, 0.3) is 0 Å². The summed E-state index contributed by atoms with van der Waals surface area (Å²) in [6.07, 6.45) is 7.03. The Kier molecular flexibility index (Phi) is 5.30. The summed E-state index contributed by atoms with van der Waals surface area (Å²) < 4.78 is 2.24. The maximum Gasteiger partial charge on any atom is 0.0480 e. The molecular weight excluding hydrogens is 344 g/mol. The highest BCUT2D eigenvalue weighted by Crippen LogP contribution is 2.29. The molecule has 0 amide bonds. The largest absolute Gasteiger partial charge is 0.350 e. The van der Waals surface area contributed by atoms with E-state index >= 15 is 0 Å². The molecule has 1 aliphatic heterocycles. The van der Waals surface area contributed by atoms with E-state index in [2.05, 4.69) is 82.7 Å². The quantitative estimate of drug-likeness (QED) is 0.594. The second-order valence-electron chi connectivity index (χ2n) is 6.64. The molecule has 2 aromatic heterocycles. The van der Waals surface area contributed by atoms with Gasteiger partial charge in [0, 0.05) is 47.4 Å². The Morgan fingerprint density at radius 1 is 1.24 bits per heavy atom. The van der Waals surface area contributed by atoms with Crippen LogP contribution in [-0.2, 0) is 12.8 Å². The van der Waals surface area contributed by atoms with Gasteiger partial charge in [-0.2, -0.15) is 11.8 Å². The molecule has 1 aromatic carbocycles. The lowest BCUT2D eigenvalue weighted by molar-refractivity contribution is 0.525. The molecule has 1 N–H and O–H groups in total. The van der Waals surface area contributed by atoms with Crippen LogP contribution in [0.2, 0.25) is 0 Å². The van der Waals surface area contributed by atoms with Crippen LogP contribution in [0.3, 0.4) is 0 Å². The molecule has 3 heterocycles. The molecule has 1 atom stereocenters. The maximum atomic E-state index is 3.65. The first kappa shape index (κ1) is 17.0. The fourth-order valence-corrected chi connectivity index (χ4v) is 5.41. The van der Waals surface area contributed by atoms with E-state index in [9.17, 15) is 0 Å². The number of benzene rings is 1. The number of hydrogen-bond donors (Lipinski definition) is 1. The molecule has 1 unspecified atom stereocenters. The van der Waals surface area contributed by atoms with Crippen LogP contribution in [0.5, 0.6) is 0 Å². The number of aromatic nitrogens is 1. The lowest BCUT2D eigenvalue weighted by Crippen LogP contribution is -2.33. The van der Waals surface area contributed by atoms with Crippen LogP contribution in [0.15, 0.2) is 54.1 Å². The van der Waals surface area contributed by atoms with Crippen molar-refractivity contribution in [3.8, 4) is 0 Å². The van der Waals surface area contributed by atoms with Crippen LogP contribution in [0.4, 0.5) is 0 Å². The van der Waals surface area contributed by atoms with Crippen LogP contribution in [0, 0.1) is 0 Å². The minimum Gasteiger partial charge on any atom is -0.350 e. The van der Waals surface area contributed by atoms with Crippen molar-refractivity contribution in [3.05, 3.63) is 64.5 Å². The zero-order valence-electron chi connectivity index (χ0n) is 14.6. The van der Waals surface area contributed by atoms with E-state index in [4.69, 9.17) is 0 Å². The molecule has 0 saturated heterocycles. The molecule has 0 saturated carbocycles. The highest BCUT2D eigenvalue weighted by molar-refractivity contribution is 7.98. The second kappa shape index (κ2) is 7.81. The van der Waals surface area contributed by atoms with Crippen molar-refractivity contribution in [2.24, 2.45) is 7.05 Å². The lowest BCUT2D eigenvalue weighted by Gasteiger charge is -2.23. The van der Waals surface area contributed by atoms with Crippen LogP contribution < -0.4 is 5.32 Å². The molecule has 0 bridgehead atoms. The molecule has 3 aromatic rings. The second-order valence-corrected chi connectivity index (χ2v) is 8.69. The first-order valence-electron chi connectivity index (χ1n) is 8.88. The van der Waals surface area contributed by atoms with Gasteiger partial charge in [0.1, 0.15) is 0 Å². The molecule has 0 fully saturated rings. The van der Waals surface area contributed by atoms with Crippen molar-refractivity contribution >= 4 is 39.6 Å². The van der Waals surface area contributed by atoms with E-state index in [1.54, 1.807) is 0 Å². The van der Waals surface area contributed by atoms with Crippen molar-refractivity contribution in [2.75, 3.05) is 12.3 Å². The standard InChI is InChI=1S/C21H24N2S2/c1-23-14-17(19-5-2-3-6-20(19)23)15-24-12-9-18-13-16(8-10-22-18)21-7-4-11-25-21/h2-8,11,14,18,22H,9-10,12-13,15H2,1H3. The van der Waals surface area contributed by atoms with Crippen LogP contribution in [0.25, 0.3) is 16.5 Å². The number of nitrogens with zero attached hydrogens (tertiary/aromatic N) is 1. The molecule has 25 heavy (non-hydrogen) atoms. The predicted octanol–water partition coefficient (Wildman–Crippen LogP) is 5.31. The number of rotatable bonds is 6. The third kappa shape index (κ3) is 3.86. The van der Waals surface area contributed by atoms with E-state index in [0.717, 1.165) is 18.7 Å². The van der Waals surface area contributed by atoms with Crippen molar-refractivity contribution in [1.29, 1.82) is 0 Å². The number of para-hydroxylation sites is 1. The van der Waals surface area contributed by atoms with Gasteiger partial charge in [-0.05, 0) is 47.2 Å². The Bertz CT molecular complexity index is 861. The zero-order valence-corrected chi connectivity index (χ0v) is 16.2. The highest BCUT2D eigenvalue weighted by atomic mass is 32.2. The fourth-order valence-electron chi connectivity index (χ4n) is 3.58. The molecule has 2 nitrogen and oxygen atoms in total. The number of thiophene rings is 1. The van der Waals surface area contributed by atoms with Crippen molar-refractivity contribution in [2.45, 2.75) is 24.6 Å². The lowest BCUT2D eigenvalue weighted by atomic mass is 9.99. The van der Waals surface area contributed by atoms with Crippen molar-refractivity contribution < 1.29 is 0 Å². The van der Waals surface area contributed by atoms with Gasteiger partial charge < -0.3 is 9.88 Å². The topological polar surface area (TPSA) is 17.0 Å². The van der Waals surface area contributed by atoms with Crippen molar-refractivity contribution in [1.82, 2.24) is 9.88 Å². The van der Waals surface area contributed by atoms with Gasteiger partial charge in [0.15, 0.2) is 0 Å².